The maximum Gasteiger partial charge on any atom is 0.307 e. The second kappa shape index (κ2) is 14.2. The van der Waals surface area contributed by atoms with E-state index in [0.717, 1.165) is 17.5 Å². The summed E-state index contributed by atoms with van der Waals surface area (Å²) in [5.41, 5.74) is 1.30. The fourth-order valence-electron chi connectivity index (χ4n) is 6.55. The first-order chi connectivity index (χ1) is 23.1. The normalized spacial score (nSPS) is 23.5. The average molecular weight is 696 g/mol. The minimum absolute atomic E-state index is 0.0534. The van der Waals surface area contributed by atoms with Crippen LogP contribution in [-0.2, 0) is 28.2 Å². The number of hydrogen-bond acceptors (Lipinski definition) is 8. The van der Waals surface area contributed by atoms with Crippen LogP contribution in [0, 0.1) is 11.7 Å². The first-order valence-electron chi connectivity index (χ1n) is 15.9. The molecule has 0 radical (unpaired) electrons. The number of carboxylic acids is 1. The van der Waals surface area contributed by atoms with Gasteiger partial charge < -0.3 is 25.8 Å². The first-order valence-corrected chi connectivity index (χ1v) is 16.6. The highest BCUT2D eigenvalue weighted by molar-refractivity contribution is 6.55. The molecule has 1 unspecified atom stereocenters. The van der Waals surface area contributed by atoms with Crippen molar-refractivity contribution in [2.24, 2.45) is 5.92 Å². The number of allylic oxidation sites excluding steroid dienone is 2. The second-order valence-electron chi connectivity index (χ2n) is 12.3. The van der Waals surface area contributed by atoms with Gasteiger partial charge in [0, 0.05) is 56.0 Å². The summed E-state index contributed by atoms with van der Waals surface area (Å²) in [5.74, 6) is -1.64. The standard InChI is InChI=1S/C35H37Cl2FN6O4/c1-48-32-23(18-39-19-26-10-12-29(45)41-26)9-11-28(42-32)34(15-5-8-27(35(34,36)37)22-6-3-2-4-7-22)43-31-30(38)24(13-16-40-31)20-44-17-14-25(21-44)33(46)47/h2-9,11,13,15-16,25-26,39H,10,12,14,17-21H2,1H3,(H,40,43)(H,41,45)(H,46,47)/t25-,26+,34?/m1/s1. The van der Waals surface area contributed by atoms with E-state index >= 15 is 4.39 Å². The number of halogens is 3. The van der Waals surface area contributed by atoms with Crippen LogP contribution < -0.4 is 20.7 Å². The van der Waals surface area contributed by atoms with E-state index in [1.807, 2.05) is 47.4 Å². The molecule has 1 aliphatic carbocycles. The molecular formula is C35H37Cl2FN6O4. The van der Waals surface area contributed by atoms with Crippen molar-refractivity contribution >= 4 is 46.5 Å². The lowest BCUT2D eigenvalue weighted by Crippen LogP contribution is -2.51. The average Bonchev–Trinajstić information content (AvgIpc) is 3.73. The van der Waals surface area contributed by atoms with Gasteiger partial charge in [0.2, 0.25) is 11.8 Å². The predicted molar refractivity (Wildman–Crippen MR) is 182 cm³/mol. The van der Waals surface area contributed by atoms with Crippen LogP contribution in [-0.4, -0.2) is 69.0 Å². The molecule has 4 N–H and O–H groups in total. The smallest absolute Gasteiger partial charge is 0.307 e. The molecule has 3 aromatic rings. The molecule has 3 aliphatic rings. The molecule has 1 amide bonds. The Hall–Kier alpha value is -4.03. The molecule has 1 aromatic carbocycles. The third-order valence-electron chi connectivity index (χ3n) is 9.16. The van der Waals surface area contributed by atoms with Crippen LogP contribution in [0.5, 0.6) is 5.88 Å². The number of nitrogens with zero attached hydrogens (tertiary/aromatic N) is 3. The van der Waals surface area contributed by atoms with Crippen LogP contribution in [0.15, 0.2) is 73.0 Å². The highest BCUT2D eigenvalue weighted by atomic mass is 35.5. The largest absolute Gasteiger partial charge is 0.481 e. The number of hydrogen-bond donors (Lipinski definition) is 4. The van der Waals surface area contributed by atoms with Crippen molar-refractivity contribution in [2.45, 2.75) is 48.3 Å². The van der Waals surface area contributed by atoms with Crippen LogP contribution in [0.3, 0.4) is 0 Å². The van der Waals surface area contributed by atoms with E-state index in [1.165, 1.54) is 13.3 Å². The number of alkyl halides is 2. The fourth-order valence-corrected chi connectivity index (χ4v) is 7.30. The molecule has 13 heteroatoms. The maximum absolute atomic E-state index is 16.3. The highest BCUT2D eigenvalue weighted by Gasteiger charge is 2.55. The molecule has 2 saturated heterocycles. The summed E-state index contributed by atoms with van der Waals surface area (Å²) in [6.45, 7) is 2.13. The Labute approximate surface area is 288 Å². The quantitative estimate of drug-likeness (QED) is 0.193. The molecular weight excluding hydrogens is 658 g/mol. The summed E-state index contributed by atoms with van der Waals surface area (Å²) in [4.78, 5) is 34.2. The summed E-state index contributed by atoms with van der Waals surface area (Å²) in [6, 6.07) is 14.7. The summed E-state index contributed by atoms with van der Waals surface area (Å²) in [6.07, 6.45) is 8.67. The van der Waals surface area contributed by atoms with Gasteiger partial charge in [-0.2, -0.15) is 0 Å². The molecule has 10 nitrogen and oxygen atoms in total. The van der Waals surface area contributed by atoms with Gasteiger partial charge in [-0.3, -0.25) is 14.5 Å². The number of pyridine rings is 2. The van der Waals surface area contributed by atoms with Crippen molar-refractivity contribution in [3.63, 3.8) is 0 Å². The lowest BCUT2D eigenvalue weighted by molar-refractivity contribution is -0.141. The van der Waals surface area contributed by atoms with E-state index < -0.39 is 27.6 Å². The van der Waals surface area contributed by atoms with Gasteiger partial charge in [0.1, 0.15) is 5.54 Å². The topological polar surface area (TPSA) is 129 Å². The third-order valence-corrected chi connectivity index (χ3v) is 10.2. The van der Waals surface area contributed by atoms with E-state index in [0.29, 0.717) is 61.7 Å². The van der Waals surface area contributed by atoms with Crippen LogP contribution in [0.1, 0.15) is 41.6 Å². The van der Waals surface area contributed by atoms with Gasteiger partial charge in [-0.1, -0.05) is 71.8 Å². The Kier molecular flexibility index (Phi) is 10.0. The Morgan fingerprint density at radius 1 is 1.17 bits per heavy atom. The fraction of sp³-hybridized carbons (Fsp3) is 0.371. The molecule has 0 spiro atoms. The van der Waals surface area contributed by atoms with Gasteiger partial charge in [0.05, 0.1) is 18.7 Å². The Bertz CT molecular complexity index is 1740. The number of carbonyl (C=O) groups is 2. The van der Waals surface area contributed by atoms with Gasteiger partial charge in [-0.15, -0.1) is 0 Å². The van der Waals surface area contributed by atoms with E-state index in [2.05, 4.69) is 20.9 Å². The van der Waals surface area contributed by atoms with E-state index in [4.69, 9.17) is 32.9 Å². The van der Waals surface area contributed by atoms with Crippen LogP contribution >= 0.6 is 23.2 Å². The van der Waals surface area contributed by atoms with E-state index in [9.17, 15) is 14.7 Å². The van der Waals surface area contributed by atoms with Gasteiger partial charge in [0.15, 0.2) is 16.0 Å². The number of aromatic nitrogens is 2. The molecule has 0 bridgehead atoms. The minimum Gasteiger partial charge on any atom is -0.481 e. The number of rotatable bonds is 12. The van der Waals surface area contributed by atoms with Crippen molar-refractivity contribution in [3.8, 4) is 5.88 Å². The number of anilines is 1. The van der Waals surface area contributed by atoms with Gasteiger partial charge in [0.25, 0.3) is 0 Å². The zero-order valence-corrected chi connectivity index (χ0v) is 27.9. The molecule has 4 heterocycles. The number of carboxylic acid groups (broad SMARTS) is 1. The lowest BCUT2D eigenvalue weighted by atomic mass is 9.79. The Balaban J connectivity index is 1.35. The molecule has 2 fully saturated rings. The summed E-state index contributed by atoms with van der Waals surface area (Å²) >= 11 is 14.8. The van der Waals surface area contributed by atoms with Gasteiger partial charge in [-0.05, 0) is 48.7 Å². The predicted octanol–water partition coefficient (Wildman–Crippen LogP) is 5.03. The second-order valence-corrected chi connectivity index (χ2v) is 13.6. The molecule has 2 aliphatic heterocycles. The van der Waals surface area contributed by atoms with Gasteiger partial charge in [-0.25, -0.2) is 14.4 Å². The van der Waals surface area contributed by atoms with Crippen LogP contribution in [0.4, 0.5) is 10.2 Å². The number of amides is 1. The zero-order valence-electron chi connectivity index (χ0n) is 26.4. The van der Waals surface area contributed by atoms with Crippen LogP contribution in [0.25, 0.3) is 5.57 Å². The number of carbonyl (C=O) groups excluding carboxylic acids is 1. The Morgan fingerprint density at radius 3 is 2.69 bits per heavy atom. The number of methoxy groups -OCH3 is 1. The summed E-state index contributed by atoms with van der Waals surface area (Å²) in [5, 5.41) is 19.0. The highest BCUT2D eigenvalue weighted by Crippen LogP contribution is 2.54. The zero-order chi connectivity index (χ0) is 33.9. The number of aliphatic carboxylic acids is 1. The SMILES string of the molecule is COc1nc(C2(Nc3nccc(CN4CC[C@@H](C(=O)O)C4)c3F)C=CC=C(c3ccccc3)C2(Cl)Cl)ccc1CNC[C@@H]1CCC(=O)N1. The number of benzene rings is 1. The van der Waals surface area contributed by atoms with Gasteiger partial charge >= 0.3 is 5.97 Å². The Morgan fingerprint density at radius 2 is 1.98 bits per heavy atom. The number of nitrogens with one attached hydrogen (secondary N) is 3. The molecule has 252 valence electrons. The van der Waals surface area contributed by atoms with Crippen molar-refractivity contribution in [3.05, 3.63) is 101 Å². The van der Waals surface area contributed by atoms with E-state index in [1.54, 1.807) is 24.3 Å². The number of ether oxygens (including phenoxy) is 1. The molecule has 0 saturated carbocycles. The van der Waals surface area contributed by atoms with E-state index in [-0.39, 0.29) is 24.3 Å². The monoisotopic (exact) mass is 694 g/mol. The molecule has 48 heavy (non-hydrogen) atoms. The number of likely N-dealkylation sites (tertiary alicyclic amines) is 1. The first kappa shape index (κ1) is 33.9. The minimum atomic E-state index is -1.73. The van der Waals surface area contributed by atoms with Crippen molar-refractivity contribution in [2.75, 3.05) is 32.1 Å². The van der Waals surface area contributed by atoms with Crippen molar-refractivity contribution in [1.82, 2.24) is 25.5 Å². The van der Waals surface area contributed by atoms with Crippen LogP contribution in [0.2, 0.25) is 0 Å². The summed E-state index contributed by atoms with van der Waals surface area (Å²) < 4.78 is 20.3. The molecule has 2 aromatic heterocycles. The third kappa shape index (κ3) is 6.78. The maximum atomic E-state index is 16.3. The van der Waals surface area contributed by atoms with Crippen molar-refractivity contribution < 1.29 is 23.8 Å². The van der Waals surface area contributed by atoms with Crippen molar-refractivity contribution in [1.29, 1.82) is 0 Å². The lowest BCUT2D eigenvalue weighted by Gasteiger charge is -2.44. The summed E-state index contributed by atoms with van der Waals surface area (Å²) in [7, 11) is 1.52. The molecule has 3 atom stereocenters. The molecule has 6 rings (SSSR count).